The molecule has 0 bridgehead atoms. The first kappa shape index (κ1) is 13.3. The highest BCUT2D eigenvalue weighted by molar-refractivity contribution is 7.91. The third-order valence-corrected chi connectivity index (χ3v) is 5.80. The number of sulfone groups is 1. The van der Waals surface area contributed by atoms with Crippen molar-refractivity contribution in [3.8, 4) is 0 Å². The monoisotopic (exact) mass is 260 g/mol. The van der Waals surface area contributed by atoms with Gasteiger partial charge in [0.15, 0.2) is 9.84 Å². The van der Waals surface area contributed by atoms with E-state index in [9.17, 15) is 8.42 Å². The zero-order valence-corrected chi connectivity index (χ0v) is 11.5. The van der Waals surface area contributed by atoms with Crippen LogP contribution in [0.4, 0.5) is 0 Å². The first-order chi connectivity index (χ1) is 8.11. The van der Waals surface area contributed by atoms with Crippen LogP contribution in [0.5, 0.6) is 0 Å². The summed E-state index contributed by atoms with van der Waals surface area (Å²) in [5.74, 6) is 1.48. The van der Waals surface area contributed by atoms with E-state index in [0.29, 0.717) is 17.4 Å². The molecule has 1 N–H and O–H groups in total. The zero-order valence-electron chi connectivity index (χ0n) is 10.7. The molecule has 17 heavy (non-hydrogen) atoms. The SMILES string of the molecule is CNCC1CCCN(C2CCCS(=O)(=O)C2)C1. The Hall–Kier alpha value is -0.130. The van der Waals surface area contributed by atoms with Gasteiger partial charge < -0.3 is 5.32 Å². The van der Waals surface area contributed by atoms with Crippen LogP contribution in [0.2, 0.25) is 0 Å². The zero-order chi connectivity index (χ0) is 12.3. The molecule has 0 radical (unpaired) electrons. The standard InChI is InChI=1S/C12H24N2O2S/c1-13-8-11-4-2-6-14(9-11)12-5-3-7-17(15,16)10-12/h11-13H,2-10H2,1H3. The Balaban J connectivity index is 1.92. The summed E-state index contributed by atoms with van der Waals surface area (Å²) in [6.07, 6.45) is 4.39. The first-order valence-electron chi connectivity index (χ1n) is 6.70. The smallest absolute Gasteiger partial charge is 0.151 e. The molecule has 0 saturated carbocycles. The van der Waals surface area contributed by atoms with Gasteiger partial charge in [0.05, 0.1) is 11.5 Å². The van der Waals surface area contributed by atoms with E-state index in [1.165, 1.54) is 12.8 Å². The van der Waals surface area contributed by atoms with Crippen LogP contribution in [0.3, 0.4) is 0 Å². The minimum Gasteiger partial charge on any atom is -0.319 e. The van der Waals surface area contributed by atoms with Gasteiger partial charge in [-0.2, -0.15) is 0 Å². The van der Waals surface area contributed by atoms with Crippen molar-refractivity contribution in [2.24, 2.45) is 5.92 Å². The Kier molecular flexibility index (Phi) is 4.44. The Morgan fingerprint density at radius 1 is 1.29 bits per heavy atom. The molecule has 2 heterocycles. The van der Waals surface area contributed by atoms with E-state index in [1.807, 2.05) is 7.05 Å². The summed E-state index contributed by atoms with van der Waals surface area (Å²) in [4.78, 5) is 2.42. The Bertz CT molecular complexity index is 340. The van der Waals surface area contributed by atoms with Crippen molar-refractivity contribution in [1.29, 1.82) is 0 Å². The highest BCUT2D eigenvalue weighted by atomic mass is 32.2. The van der Waals surface area contributed by atoms with Crippen molar-refractivity contribution in [3.63, 3.8) is 0 Å². The highest BCUT2D eigenvalue weighted by Gasteiger charge is 2.31. The fourth-order valence-corrected chi connectivity index (χ4v) is 4.91. The van der Waals surface area contributed by atoms with Crippen molar-refractivity contribution < 1.29 is 8.42 Å². The molecule has 0 amide bonds. The molecule has 2 unspecified atom stereocenters. The molecule has 2 aliphatic rings. The normalized spacial score (nSPS) is 34.6. The van der Waals surface area contributed by atoms with Gasteiger partial charge in [0.25, 0.3) is 0 Å². The van der Waals surface area contributed by atoms with Gasteiger partial charge in [0.1, 0.15) is 0 Å². The predicted molar refractivity (Wildman–Crippen MR) is 69.9 cm³/mol. The van der Waals surface area contributed by atoms with Crippen LogP contribution in [-0.2, 0) is 9.84 Å². The van der Waals surface area contributed by atoms with Gasteiger partial charge in [-0.1, -0.05) is 0 Å². The number of piperidine rings is 1. The van der Waals surface area contributed by atoms with Crippen molar-refractivity contribution in [2.75, 3.05) is 38.2 Å². The minimum atomic E-state index is -2.77. The number of nitrogens with one attached hydrogen (secondary N) is 1. The van der Waals surface area contributed by atoms with Gasteiger partial charge in [-0.05, 0) is 51.7 Å². The van der Waals surface area contributed by atoms with Crippen molar-refractivity contribution in [3.05, 3.63) is 0 Å². The van der Waals surface area contributed by atoms with Gasteiger partial charge in [0, 0.05) is 12.6 Å². The molecule has 0 spiro atoms. The van der Waals surface area contributed by atoms with Gasteiger partial charge in [0.2, 0.25) is 0 Å². The minimum absolute atomic E-state index is 0.286. The molecule has 2 saturated heterocycles. The third kappa shape index (κ3) is 3.66. The molecule has 2 rings (SSSR count). The van der Waals surface area contributed by atoms with Gasteiger partial charge >= 0.3 is 0 Å². The van der Waals surface area contributed by atoms with Crippen LogP contribution in [-0.4, -0.2) is 57.5 Å². The van der Waals surface area contributed by atoms with Gasteiger partial charge in [-0.3, -0.25) is 4.90 Å². The van der Waals surface area contributed by atoms with E-state index >= 15 is 0 Å². The summed E-state index contributed by atoms with van der Waals surface area (Å²) >= 11 is 0. The summed E-state index contributed by atoms with van der Waals surface area (Å²) in [6.45, 7) is 3.21. The van der Waals surface area contributed by atoms with Crippen molar-refractivity contribution in [2.45, 2.75) is 31.7 Å². The first-order valence-corrected chi connectivity index (χ1v) is 8.52. The van der Waals surface area contributed by atoms with E-state index in [-0.39, 0.29) is 6.04 Å². The lowest BCUT2D eigenvalue weighted by molar-refractivity contribution is 0.125. The molecule has 2 fully saturated rings. The summed E-state index contributed by atoms with van der Waals surface area (Å²) in [5, 5.41) is 3.23. The van der Waals surface area contributed by atoms with Crippen molar-refractivity contribution >= 4 is 9.84 Å². The second-order valence-corrected chi connectivity index (χ2v) is 7.70. The average Bonchev–Trinajstić information content (AvgIpc) is 2.28. The lowest BCUT2D eigenvalue weighted by Crippen LogP contribution is -2.49. The maximum atomic E-state index is 11.7. The van der Waals surface area contributed by atoms with Gasteiger partial charge in [-0.25, -0.2) is 8.42 Å². The second kappa shape index (κ2) is 5.67. The third-order valence-electron chi connectivity index (χ3n) is 4.00. The van der Waals surface area contributed by atoms with E-state index in [0.717, 1.165) is 32.5 Å². The fraction of sp³-hybridized carbons (Fsp3) is 1.00. The molecule has 4 nitrogen and oxygen atoms in total. The molecule has 2 atom stereocenters. The highest BCUT2D eigenvalue weighted by Crippen LogP contribution is 2.23. The Morgan fingerprint density at radius 2 is 2.12 bits per heavy atom. The quantitative estimate of drug-likeness (QED) is 0.802. The van der Waals surface area contributed by atoms with Crippen molar-refractivity contribution in [1.82, 2.24) is 10.2 Å². The summed E-state index contributed by atoms with van der Waals surface area (Å²) in [5.41, 5.74) is 0. The molecule has 0 aromatic heterocycles. The number of nitrogens with zero attached hydrogens (tertiary/aromatic N) is 1. The largest absolute Gasteiger partial charge is 0.319 e. The molecule has 100 valence electrons. The van der Waals surface area contributed by atoms with Crippen LogP contribution >= 0.6 is 0 Å². The molecular formula is C12H24N2O2S. The van der Waals surface area contributed by atoms with Crippen LogP contribution in [0, 0.1) is 5.92 Å². The van der Waals surface area contributed by atoms with Crippen LogP contribution in [0.25, 0.3) is 0 Å². The Labute approximate surface area is 105 Å². The second-order valence-electron chi connectivity index (χ2n) is 5.47. The van der Waals surface area contributed by atoms with Crippen LogP contribution in [0.1, 0.15) is 25.7 Å². The molecule has 0 aliphatic carbocycles. The maximum absolute atomic E-state index is 11.7. The number of rotatable bonds is 3. The van der Waals surface area contributed by atoms with E-state index in [1.54, 1.807) is 0 Å². The summed E-state index contributed by atoms with van der Waals surface area (Å²) < 4.78 is 23.3. The summed E-state index contributed by atoms with van der Waals surface area (Å²) in [7, 11) is -0.778. The number of likely N-dealkylation sites (tertiary alicyclic amines) is 1. The lowest BCUT2D eigenvalue weighted by Gasteiger charge is -2.39. The Morgan fingerprint density at radius 3 is 2.82 bits per heavy atom. The van der Waals surface area contributed by atoms with E-state index in [4.69, 9.17) is 0 Å². The molecule has 0 aromatic rings. The summed E-state index contributed by atoms with van der Waals surface area (Å²) in [6, 6.07) is 0.286. The van der Waals surface area contributed by atoms with E-state index in [2.05, 4.69) is 10.2 Å². The van der Waals surface area contributed by atoms with Crippen LogP contribution in [0.15, 0.2) is 0 Å². The predicted octanol–water partition coefficient (Wildman–Crippen LogP) is 0.495. The number of hydrogen-bond donors (Lipinski definition) is 1. The van der Waals surface area contributed by atoms with Crippen LogP contribution < -0.4 is 5.32 Å². The van der Waals surface area contributed by atoms with Gasteiger partial charge in [-0.15, -0.1) is 0 Å². The topological polar surface area (TPSA) is 49.4 Å². The van der Waals surface area contributed by atoms with E-state index < -0.39 is 9.84 Å². The molecular weight excluding hydrogens is 236 g/mol. The molecule has 5 heteroatoms. The number of hydrogen-bond acceptors (Lipinski definition) is 4. The fourth-order valence-electron chi connectivity index (χ4n) is 3.17. The average molecular weight is 260 g/mol. The lowest BCUT2D eigenvalue weighted by atomic mass is 9.96. The maximum Gasteiger partial charge on any atom is 0.151 e. The molecule has 0 aromatic carbocycles. The molecule has 2 aliphatic heterocycles.